The van der Waals surface area contributed by atoms with Gasteiger partial charge in [-0.05, 0) is 127 Å². The summed E-state index contributed by atoms with van der Waals surface area (Å²) >= 11 is 0. The van der Waals surface area contributed by atoms with E-state index in [1.54, 1.807) is 0 Å². The molecule has 0 heteroatoms. The Morgan fingerprint density at radius 2 is 0.784 bits per heavy atom. The Hall–Kier alpha value is -6.24. The lowest BCUT2D eigenvalue weighted by molar-refractivity contribution is 0.661. The zero-order valence-corrected chi connectivity index (χ0v) is 28.7. The van der Waals surface area contributed by atoms with Gasteiger partial charge in [-0.1, -0.05) is 166 Å². The van der Waals surface area contributed by atoms with E-state index in [2.05, 4.69) is 184 Å². The van der Waals surface area contributed by atoms with E-state index in [9.17, 15) is 0 Å². The van der Waals surface area contributed by atoms with Gasteiger partial charge in [0.05, 0.1) is 0 Å². The van der Waals surface area contributed by atoms with E-state index in [0.29, 0.717) is 0 Å². The second kappa shape index (κ2) is 10.4. The van der Waals surface area contributed by atoms with Crippen LogP contribution in [0, 0.1) is 0 Å². The van der Waals surface area contributed by atoms with Crippen molar-refractivity contribution < 1.29 is 0 Å². The number of fused-ring (bicyclic) bond motifs is 11. The molecule has 0 saturated carbocycles. The first-order valence-electron chi connectivity index (χ1n) is 18.0. The van der Waals surface area contributed by atoms with Crippen molar-refractivity contribution in [3.8, 4) is 33.4 Å². The molecule has 0 saturated heterocycles. The maximum absolute atomic E-state index is 2.45. The molecule has 0 aliphatic heterocycles. The molecule has 0 N–H and O–H groups in total. The zero-order chi connectivity index (χ0) is 33.8. The molecule has 1 aliphatic rings. The van der Waals surface area contributed by atoms with Crippen LogP contribution in [0.25, 0.3) is 98.0 Å². The predicted octanol–water partition coefficient (Wildman–Crippen LogP) is 14.2. The van der Waals surface area contributed by atoms with Crippen LogP contribution in [0.1, 0.15) is 25.0 Å². The zero-order valence-electron chi connectivity index (χ0n) is 28.7. The van der Waals surface area contributed by atoms with Gasteiger partial charge >= 0.3 is 0 Å². The van der Waals surface area contributed by atoms with E-state index in [0.717, 1.165) is 0 Å². The standard InChI is InChI=1S/C51H34/c1-51(2)45-25-13-24-42(50(45)44-28-32-15-3-4-16-33(32)30-46(44)51)48-38-20-9-11-22-40(38)49(41-23-12-10-21-39(41)48)43-29-34-27-26-31-14-5-6-17-35(31)47(34)37-19-8-7-18-36(37)43/h3-30H,1-2H3. The van der Waals surface area contributed by atoms with Crippen molar-refractivity contribution in [2.75, 3.05) is 0 Å². The molecule has 51 heavy (non-hydrogen) atoms. The summed E-state index contributed by atoms with van der Waals surface area (Å²) in [4.78, 5) is 0. The first-order valence-corrected chi connectivity index (χ1v) is 18.0. The molecule has 0 nitrogen and oxygen atoms in total. The summed E-state index contributed by atoms with van der Waals surface area (Å²) in [5, 5.41) is 15.5. The summed E-state index contributed by atoms with van der Waals surface area (Å²) in [6.45, 7) is 4.78. The fraction of sp³-hybridized carbons (Fsp3) is 0.0588. The second-order valence-corrected chi connectivity index (χ2v) is 14.8. The minimum absolute atomic E-state index is 0.107. The number of rotatable bonds is 2. The topological polar surface area (TPSA) is 0 Å². The highest BCUT2D eigenvalue weighted by molar-refractivity contribution is 6.29. The Kier molecular flexibility index (Phi) is 5.82. The van der Waals surface area contributed by atoms with Crippen molar-refractivity contribution in [3.05, 3.63) is 181 Å². The van der Waals surface area contributed by atoms with Gasteiger partial charge in [0.25, 0.3) is 0 Å². The molecule has 238 valence electrons. The highest BCUT2D eigenvalue weighted by Gasteiger charge is 2.37. The summed E-state index contributed by atoms with van der Waals surface area (Å²) in [5.74, 6) is 0. The maximum atomic E-state index is 2.45. The Balaban J connectivity index is 1.27. The van der Waals surface area contributed by atoms with Gasteiger partial charge in [-0.25, -0.2) is 0 Å². The predicted molar refractivity (Wildman–Crippen MR) is 220 cm³/mol. The molecule has 0 unspecified atom stereocenters. The van der Waals surface area contributed by atoms with Crippen molar-refractivity contribution in [1.82, 2.24) is 0 Å². The smallest absolute Gasteiger partial charge is 0.0159 e. The van der Waals surface area contributed by atoms with Gasteiger partial charge in [0.2, 0.25) is 0 Å². The second-order valence-electron chi connectivity index (χ2n) is 14.8. The van der Waals surface area contributed by atoms with E-state index in [1.165, 1.54) is 109 Å². The molecule has 0 aromatic heterocycles. The quantitative estimate of drug-likeness (QED) is 0.129. The lowest BCUT2D eigenvalue weighted by Crippen LogP contribution is -2.14. The molecule has 10 aromatic rings. The molecule has 0 heterocycles. The van der Waals surface area contributed by atoms with Gasteiger partial charge in [0.15, 0.2) is 0 Å². The van der Waals surface area contributed by atoms with Crippen LogP contribution in [-0.2, 0) is 5.41 Å². The summed E-state index contributed by atoms with van der Waals surface area (Å²) < 4.78 is 0. The largest absolute Gasteiger partial charge is 0.0616 e. The molecule has 11 rings (SSSR count). The number of hydrogen-bond donors (Lipinski definition) is 0. The highest BCUT2D eigenvalue weighted by atomic mass is 14.4. The molecular weight excluding hydrogens is 613 g/mol. The first-order chi connectivity index (χ1) is 25.1. The average Bonchev–Trinajstić information content (AvgIpc) is 3.40. The monoisotopic (exact) mass is 646 g/mol. The van der Waals surface area contributed by atoms with Gasteiger partial charge in [-0.15, -0.1) is 0 Å². The number of benzene rings is 10. The molecule has 0 atom stereocenters. The fourth-order valence-corrected chi connectivity index (χ4v) is 9.48. The van der Waals surface area contributed by atoms with Crippen LogP contribution in [0.5, 0.6) is 0 Å². The van der Waals surface area contributed by atoms with Gasteiger partial charge in [-0.2, -0.15) is 0 Å². The minimum atomic E-state index is -0.107. The van der Waals surface area contributed by atoms with Crippen molar-refractivity contribution in [2.45, 2.75) is 19.3 Å². The van der Waals surface area contributed by atoms with Gasteiger partial charge in [-0.3, -0.25) is 0 Å². The lowest BCUT2D eigenvalue weighted by atomic mass is 9.80. The molecule has 0 spiro atoms. The van der Waals surface area contributed by atoms with E-state index in [1.807, 2.05) is 0 Å². The molecule has 0 radical (unpaired) electrons. The average molecular weight is 647 g/mol. The summed E-state index contributed by atoms with van der Waals surface area (Å²) in [6, 6.07) is 63.7. The molecular formula is C51H34. The molecule has 0 amide bonds. The molecule has 0 fully saturated rings. The van der Waals surface area contributed by atoms with E-state index >= 15 is 0 Å². The Morgan fingerprint density at radius 1 is 0.294 bits per heavy atom. The molecule has 1 aliphatic carbocycles. The normalized spacial score (nSPS) is 13.5. The minimum Gasteiger partial charge on any atom is -0.0616 e. The van der Waals surface area contributed by atoms with Gasteiger partial charge in [0, 0.05) is 5.41 Å². The van der Waals surface area contributed by atoms with Crippen LogP contribution in [-0.4, -0.2) is 0 Å². The maximum Gasteiger partial charge on any atom is 0.0159 e. The highest BCUT2D eigenvalue weighted by Crippen LogP contribution is 2.55. The van der Waals surface area contributed by atoms with Crippen LogP contribution >= 0.6 is 0 Å². The third kappa shape index (κ3) is 3.91. The van der Waals surface area contributed by atoms with Crippen LogP contribution in [0.15, 0.2) is 170 Å². The first kappa shape index (κ1) is 28.6. The molecule has 0 bridgehead atoms. The Morgan fingerprint density at radius 3 is 1.45 bits per heavy atom. The Bertz CT molecular complexity index is 3050. The third-order valence-corrected chi connectivity index (χ3v) is 11.8. The number of hydrogen-bond acceptors (Lipinski definition) is 0. The van der Waals surface area contributed by atoms with Gasteiger partial charge in [0.1, 0.15) is 0 Å². The third-order valence-electron chi connectivity index (χ3n) is 11.8. The van der Waals surface area contributed by atoms with E-state index < -0.39 is 0 Å². The van der Waals surface area contributed by atoms with Crippen LogP contribution < -0.4 is 0 Å². The van der Waals surface area contributed by atoms with Crippen molar-refractivity contribution in [2.24, 2.45) is 0 Å². The molecule has 10 aromatic carbocycles. The lowest BCUT2D eigenvalue weighted by Gasteiger charge is -2.23. The van der Waals surface area contributed by atoms with E-state index in [4.69, 9.17) is 0 Å². The van der Waals surface area contributed by atoms with Crippen LogP contribution in [0.4, 0.5) is 0 Å². The summed E-state index contributed by atoms with van der Waals surface area (Å²) in [5.41, 5.74) is 10.6. The summed E-state index contributed by atoms with van der Waals surface area (Å²) in [6.07, 6.45) is 0. The van der Waals surface area contributed by atoms with E-state index in [-0.39, 0.29) is 5.41 Å². The summed E-state index contributed by atoms with van der Waals surface area (Å²) in [7, 11) is 0. The Labute approximate surface area is 297 Å². The van der Waals surface area contributed by atoms with Crippen molar-refractivity contribution in [1.29, 1.82) is 0 Å². The van der Waals surface area contributed by atoms with Crippen molar-refractivity contribution in [3.63, 3.8) is 0 Å². The SMILES string of the molecule is CC1(C)c2cc3ccccc3cc2-c2c(-c3c4ccccc4c(-c4cc5ccc6ccccc6c5c5ccccc45)c4ccccc34)cccc21. The van der Waals surface area contributed by atoms with Crippen LogP contribution in [0.2, 0.25) is 0 Å². The van der Waals surface area contributed by atoms with Crippen molar-refractivity contribution >= 4 is 64.6 Å². The van der Waals surface area contributed by atoms with Gasteiger partial charge < -0.3 is 0 Å². The van der Waals surface area contributed by atoms with Crippen LogP contribution in [0.3, 0.4) is 0 Å². The fourth-order valence-electron chi connectivity index (χ4n) is 9.48.